The van der Waals surface area contributed by atoms with Crippen molar-refractivity contribution in [3.05, 3.63) is 54.6 Å². The largest absolute Gasteiger partial charge is 0.397 e. The number of anilines is 1. The molecule has 0 fully saturated rings. The summed E-state index contributed by atoms with van der Waals surface area (Å²) in [6.45, 7) is 4.31. The number of aryl methyl sites for hydroxylation is 1. The Labute approximate surface area is 155 Å². The minimum absolute atomic E-state index is 0.0659. The van der Waals surface area contributed by atoms with Crippen molar-refractivity contribution >= 4 is 29.4 Å². The molecule has 2 N–H and O–H groups in total. The Bertz CT molecular complexity index is 739. The molecule has 0 aromatic carbocycles. The van der Waals surface area contributed by atoms with Gasteiger partial charge in [0.15, 0.2) is 0 Å². The number of pyridine rings is 1. The minimum Gasteiger partial charge on any atom is -0.397 e. The fraction of sp³-hybridized carbons (Fsp3) is 0.333. The standard InChI is InChI=1S/C18H21F3N4S/c1-2-8-25-15(5-9-26-10-6-18(19,20)21)11-16(22)17(25)13-24-14-4-3-7-23-12-14/h2-4,7,11-13H,1,5-6,8-10,22H2. The van der Waals surface area contributed by atoms with Crippen LogP contribution in [-0.4, -0.2) is 33.4 Å². The lowest BCUT2D eigenvalue weighted by atomic mass is 10.3. The maximum atomic E-state index is 12.2. The van der Waals surface area contributed by atoms with Crippen molar-refractivity contribution in [1.82, 2.24) is 9.55 Å². The lowest BCUT2D eigenvalue weighted by Gasteiger charge is -2.10. The van der Waals surface area contributed by atoms with E-state index in [9.17, 15) is 13.2 Å². The minimum atomic E-state index is -4.10. The number of nitrogen functional groups attached to an aromatic ring is 1. The number of alkyl halides is 3. The highest BCUT2D eigenvalue weighted by atomic mass is 32.2. The van der Waals surface area contributed by atoms with E-state index in [0.717, 1.165) is 11.4 Å². The van der Waals surface area contributed by atoms with Crippen LogP contribution in [0.2, 0.25) is 0 Å². The molecule has 0 atom stereocenters. The summed E-state index contributed by atoms with van der Waals surface area (Å²) >= 11 is 1.29. The fourth-order valence-corrected chi connectivity index (χ4v) is 3.30. The number of nitrogens with two attached hydrogens (primary N) is 1. The lowest BCUT2D eigenvalue weighted by Crippen LogP contribution is -2.09. The van der Waals surface area contributed by atoms with Crippen molar-refractivity contribution in [1.29, 1.82) is 0 Å². The summed E-state index contributed by atoms with van der Waals surface area (Å²) < 4.78 is 38.5. The Morgan fingerprint density at radius 2 is 2.15 bits per heavy atom. The van der Waals surface area contributed by atoms with Gasteiger partial charge < -0.3 is 10.3 Å². The van der Waals surface area contributed by atoms with Crippen LogP contribution in [0, 0.1) is 0 Å². The zero-order valence-corrected chi connectivity index (χ0v) is 15.1. The quantitative estimate of drug-likeness (QED) is 0.391. The molecular formula is C18H21F3N4S. The molecule has 2 rings (SSSR count). The maximum Gasteiger partial charge on any atom is 0.389 e. The number of thioether (sulfide) groups is 1. The molecule has 8 heteroatoms. The van der Waals surface area contributed by atoms with Crippen molar-refractivity contribution in [2.24, 2.45) is 4.99 Å². The van der Waals surface area contributed by atoms with Crippen molar-refractivity contribution < 1.29 is 13.2 Å². The number of aromatic nitrogens is 2. The van der Waals surface area contributed by atoms with E-state index in [-0.39, 0.29) is 5.75 Å². The maximum absolute atomic E-state index is 12.2. The topological polar surface area (TPSA) is 56.2 Å². The normalized spacial score (nSPS) is 12.0. The first-order valence-electron chi connectivity index (χ1n) is 8.08. The van der Waals surface area contributed by atoms with Crippen molar-refractivity contribution in [2.45, 2.75) is 25.6 Å². The van der Waals surface area contributed by atoms with E-state index in [1.165, 1.54) is 11.8 Å². The second-order valence-electron chi connectivity index (χ2n) is 5.57. The van der Waals surface area contributed by atoms with Gasteiger partial charge in [-0.15, -0.1) is 6.58 Å². The monoisotopic (exact) mass is 382 g/mol. The van der Waals surface area contributed by atoms with Gasteiger partial charge in [0.1, 0.15) is 0 Å². The molecule has 0 radical (unpaired) electrons. The van der Waals surface area contributed by atoms with Crippen LogP contribution in [0.3, 0.4) is 0 Å². The molecule has 0 saturated heterocycles. The predicted molar refractivity (Wildman–Crippen MR) is 102 cm³/mol. The van der Waals surface area contributed by atoms with Crippen molar-refractivity contribution in [3.8, 4) is 0 Å². The molecule has 4 nitrogen and oxygen atoms in total. The number of allylic oxidation sites excluding steroid dienone is 1. The van der Waals surface area contributed by atoms with E-state index >= 15 is 0 Å². The molecule has 0 aliphatic heterocycles. The molecule has 0 bridgehead atoms. The zero-order chi connectivity index (χ0) is 19.0. The van der Waals surface area contributed by atoms with Gasteiger partial charge in [0, 0.05) is 24.2 Å². The number of aliphatic imine (C=N–C) groups is 1. The van der Waals surface area contributed by atoms with Gasteiger partial charge in [0.25, 0.3) is 0 Å². The van der Waals surface area contributed by atoms with E-state index in [1.54, 1.807) is 30.8 Å². The molecule has 0 saturated carbocycles. The second kappa shape index (κ2) is 9.47. The molecular weight excluding hydrogens is 361 g/mol. The summed E-state index contributed by atoms with van der Waals surface area (Å²) in [6.07, 6.45) is 2.50. The van der Waals surface area contributed by atoms with Crippen LogP contribution in [0.25, 0.3) is 0 Å². The van der Waals surface area contributed by atoms with Crippen LogP contribution in [0.5, 0.6) is 0 Å². The third kappa shape index (κ3) is 6.25. The number of nitrogens with zero attached hydrogens (tertiary/aromatic N) is 3. The highest BCUT2D eigenvalue weighted by Crippen LogP contribution is 2.24. The third-order valence-electron chi connectivity index (χ3n) is 3.58. The first-order chi connectivity index (χ1) is 12.4. The van der Waals surface area contributed by atoms with Crippen molar-refractivity contribution in [3.63, 3.8) is 0 Å². The highest BCUT2D eigenvalue weighted by Gasteiger charge is 2.26. The lowest BCUT2D eigenvalue weighted by molar-refractivity contribution is -0.129. The van der Waals surface area contributed by atoms with Gasteiger partial charge in [-0.3, -0.25) is 9.98 Å². The van der Waals surface area contributed by atoms with Crippen LogP contribution in [0.1, 0.15) is 17.8 Å². The number of halogens is 3. The van der Waals surface area contributed by atoms with Crippen LogP contribution in [0.4, 0.5) is 24.5 Å². The van der Waals surface area contributed by atoms with E-state index in [2.05, 4.69) is 16.6 Å². The molecule has 26 heavy (non-hydrogen) atoms. The molecule has 0 amide bonds. The van der Waals surface area contributed by atoms with Crippen LogP contribution < -0.4 is 5.73 Å². The Morgan fingerprint density at radius 3 is 2.81 bits per heavy atom. The number of hydrogen-bond acceptors (Lipinski definition) is 4. The van der Waals surface area contributed by atoms with Gasteiger partial charge in [0.2, 0.25) is 0 Å². The van der Waals surface area contributed by atoms with Gasteiger partial charge >= 0.3 is 6.18 Å². The Hall–Kier alpha value is -2.22. The Morgan fingerprint density at radius 1 is 1.35 bits per heavy atom. The SMILES string of the molecule is C=CCn1c(CCSCCC(F)(F)F)cc(N)c1C=Nc1cccnc1. The van der Waals surface area contributed by atoms with E-state index in [4.69, 9.17) is 5.73 Å². The van der Waals surface area contributed by atoms with E-state index in [0.29, 0.717) is 30.1 Å². The first-order valence-corrected chi connectivity index (χ1v) is 9.23. The predicted octanol–water partition coefficient (Wildman–Crippen LogP) is 4.63. The molecule has 0 spiro atoms. The van der Waals surface area contributed by atoms with Crippen LogP contribution in [0.15, 0.2) is 48.2 Å². The van der Waals surface area contributed by atoms with Crippen LogP contribution in [-0.2, 0) is 13.0 Å². The number of rotatable bonds is 9. The smallest absolute Gasteiger partial charge is 0.389 e. The zero-order valence-electron chi connectivity index (χ0n) is 14.2. The highest BCUT2D eigenvalue weighted by molar-refractivity contribution is 7.99. The van der Waals surface area contributed by atoms with Gasteiger partial charge in [-0.2, -0.15) is 24.9 Å². The molecule has 2 heterocycles. The number of hydrogen-bond donors (Lipinski definition) is 1. The average molecular weight is 382 g/mol. The molecule has 0 aliphatic carbocycles. The van der Waals surface area contributed by atoms with Gasteiger partial charge in [-0.25, -0.2) is 0 Å². The Balaban J connectivity index is 2.05. The summed E-state index contributed by atoms with van der Waals surface area (Å²) in [5.41, 5.74) is 9.10. The summed E-state index contributed by atoms with van der Waals surface area (Å²) in [4.78, 5) is 8.39. The average Bonchev–Trinajstić information content (AvgIpc) is 2.88. The molecule has 0 aliphatic rings. The Kier molecular flexibility index (Phi) is 7.32. The molecule has 2 aromatic heterocycles. The summed E-state index contributed by atoms with van der Waals surface area (Å²) in [6, 6.07) is 5.47. The summed E-state index contributed by atoms with van der Waals surface area (Å²) in [5, 5.41) is 0. The van der Waals surface area contributed by atoms with Gasteiger partial charge in [-0.1, -0.05) is 6.08 Å². The summed E-state index contributed by atoms with van der Waals surface area (Å²) in [5.74, 6) is 0.659. The second-order valence-corrected chi connectivity index (χ2v) is 6.80. The first kappa shape index (κ1) is 20.1. The van der Waals surface area contributed by atoms with E-state index < -0.39 is 12.6 Å². The van der Waals surface area contributed by atoms with Crippen molar-refractivity contribution in [2.75, 3.05) is 17.2 Å². The molecule has 140 valence electrons. The molecule has 0 unspecified atom stereocenters. The third-order valence-corrected chi connectivity index (χ3v) is 4.57. The van der Waals surface area contributed by atoms with E-state index in [1.807, 2.05) is 16.7 Å². The van der Waals surface area contributed by atoms with Gasteiger partial charge in [-0.05, 0) is 30.4 Å². The molecule has 2 aromatic rings. The summed E-state index contributed by atoms with van der Waals surface area (Å²) in [7, 11) is 0. The van der Waals surface area contributed by atoms with Gasteiger partial charge in [0.05, 0.1) is 35.9 Å². The van der Waals surface area contributed by atoms with Crippen LogP contribution >= 0.6 is 11.8 Å². The fourth-order valence-electron chi connectivity index (χ4n) is 2.37.